The van der Waals surface area contributed by atoms with Gasteiger partial charge < -0.3 is 14.4 Å². The number of halogens is 2. The summed E-state index contributed by atoms with van der Waals surface area (Å²) in [4.78, 5) is 16.2. The van der Waals surface area contributed by atoms with E-state index in [0.717, 1.165) is 54.5 Å². The molecule has 1 aromatic carbocycles. The maximum absolute atomic E-state index is 14.1. The van der Waals surface area contributed by atoms with Crippen molar-refractivity contribution in [3.8, 4) is 17.0 Å². The van der Waals surface area contributed by atoms with Crippen LogP contribution in [-0.4, -0.2) is 50.5 Å². The largest absolute Gasteiger partial charge is 0.487 e. The molecule has 6 rings (SSSR count). The molecule has 2 aliphatic heterocycles. The van der Waals surface area contributed by atoms with Gasteiger partial charge in [0.25, 0.3) is 0 Å². The number of rotatable bonds is 5. The van der Waals surface area contributed by atoms with Crippen molar-refractivity contribution < 1.29 is 18.3 Å². The standard InChI is InChI=1S/C26H26F2N6O2/c27-18-4-5-23(20(28)13-18)36-19-7-10-33(11-8-19)26-25(31-21-6-9-29-15-22(21)32-26)17-14-30-34(16-17)24-3-1-2-12-35-24/h4-6,9,13-16,19,24H,1-3,7-8,10-12H2. The summed E-state index contributed by atoms with van der Waals surface area (Å²) in [6.07, 6.45) is 11.4. The number of pyridine rings is 1. The van der Waals surface area contributed by atoms with Crippen LogP contribution in [0.2, 0.25) is 0 Å². The first-order chi connectivity index (χ1) is 17.6. The molecule has 2 fully saturated rings. The van der Waals surface area contributed by atoms with Crippen molar-refractivity contribution in [2.24, 2.45) is 0 Å². The molecule has 8 nitrogen and oxygen atoms in total. The zero-order valence-electron chi connectivity index (χ0n) is 19.7. The number of nitrogens with zero attached hydrogens (tertiary/aromatic N) is 6. The minimum atomic E-state index is -0.688. The Morgan fingerprint density at radius 2 is 1.86 bits per heavy atom. The van der Waals surface area contributed by atoms with E-state index in [1.165, 1.54) is 12.1 Å². The number of benzene rings is 1. The Labute approximate surface area is 206 Å². The highest BCUT2D eigenvalue weighted by atomic mass is 19.1. The number of ether oxygens (including phenoxy) is 2. The van der Waals surface area contributed by atoms with Crippen molar-refractivity contribution >= 4 is 16.9 Å². The molecule has 5 heterocycles. The molecule has 0 spiro atoms. The monoisotopic (exact) mass is 492 g/mol. The van der Waals surface area contributed by atoms with E-state index in [4.69, 9.17) is 19.4 Å². The molecule has 2 saturated heterocycles. The van der Waals surface area contributed by atoms with Crippen LogP contribution >= 0.6 is 0 Å². The van der Waals surface area contributed by atoms with Crippen LogP contribution in [0.15, 0.2) is 49.1 Å². The molecule has 0 amide bonds. The lowest BCUT2D eigenvalue weighted by molar-refractivity contribution is -0.0394. The second kappa shape index (κ2) is 9.77. The molecular formula is C26H26F2N6O2. The summed E-state index contributed by atoms with van der Waals surface area (Å²) < 4.78 is 40.9. The number of fused-ring (bicyclic) bond motifs is 1. The van der Waals surface area contributed by atoms with Crippen LogP contribution in [0.4, 0.5) is 14.6 Å². The Bertz CT molecular complexity index is 1370. The average molecular weight is 493 g/mol. The third-order valence-corrected chi connectivity index (χ3v) is 6.70. The molecule has 0 bridgehead atoms. The van der Waals surface area contributed by atoms with E-state index in [2.05, 4.69) is 15.0 Å². The number of hydrogen-bond acceptors (Lipinski definition) is 7. The summed E-state index contributed by atoms with van der Waals surface area (Å²) in [6, 6.07) is 5.23. The SMILES string of the molecule is Fc1ccc(OC2CCN(c3nc4cnccc4nc3-c3cnn(C4CCCCO4)c3)CC2)c(F)c1. The summed E-state index contributed by atoms with van der Waals surface area (Å²) in [7, 11) is 0. The topological polar surface area (TPSA) is 78.2 Å². The van der Waals surface area contributed by atoms with E-state index in [0.29, 0.717) is 31.4 Å². The number of anilines is 1. The minimum absolute atomic E-state index is 0.0617. The van der Waals surface area contributed by atoms with E-state index < -0.39 is 11.6 Å². The van der Waals surface area contributed by atoms with Crippen molar-refractivity contribution in [1.82, 2.24) is 24.7 Å². The van der Waals surface area contributed by atoms with Crippen molar-refractivity contribution in [1.29, 1.82) is 0 Å². The van der Waals surface area contributed by atoms with E-state index >= 15 is 0 Å². The summed E-state index contributed by atoms with van der Waals surface area (Å²) in [5.74, 6) is -0.480. The van der Waals surface area contributed by atoms with Gasteiger partial charge in [-0.25, -0.2) is 23.4 Å². The Kier molecular flexibility index (Phi) is 6.18. The molecule has 0 radical (unpaired) electrons. The molecule has 0 saturated carbocycles. The van der Waals surface area contributed by atoms with Gasteiger partial charge in [-0.1, -0.05) is 0 Å². The van der Waals surface area contributed by atoms with E-state index in [-0.39, 0.29) is 18.1 Å². The summed E-state index contributed by atoms with van der Waals surface area (Å²) >= 11 is 0. The molecule has 1 atom stereocenters. The smallest absolute Gasteiger partial charge is 0.167 e. The lowest BCUT2D eigenvalue weighted by atomic mass is 10.1. The van der Waals surface area contributed by atoms with Crippen LogP contribution in [0.25, 0.3) is 22.3 Å². The Morgan fingerprint density at radius 3 is 2.67 bits per heavy atom. The zero-order valence-corrected chi connectivity index (χ0v) is 19.7. The Hall–Kier alpha value is -3.66. The van der Waals surface area contributed by atoms with E-state index in [1.54, 1.807) is 12.4 Å². The molecule has 0 aliphatic carbocycles. The van der Waals surface area contributed by atoms with Gasteiger partial charge in [0.05, 0.1) is 17.9 Å². The first-order valence-electron chi connectivity index (χ1n) is 12.3. The van der Waals surface area contributed by atoms with Gasteiger partial charge in [0.2, 0.25) is 0 Å². The second-order valence-electron chi connectivity index (χ2n) is 9.17. The first kappa shape index (κ1) is 22.8. The first-order valence-corrected chi connectivity index (χ1v) is 12.3. The molecule has 4 aromatic rings. The fraction of sp³-hybridized carbons (Fsp3) is 0.385. The van der Waals surface area contributed by atoms with Crippen molar-refractivity contribution in [2.75, 3.05) is 24.6 Å². The maximum atomic E-state index is 14.1. The van der Waals surface area contributed by atoms with Crippen LogP contribution in [-0.2, 0) is 4.74 Å². The van der Waals surface area contributed by atoms with Crippen LogP contribution in [0.5, 0.6) is 5.75 Å². The number of piperidine rings is 1. The Morgan fingerprint density at radius 1 is 0.972 bits per heavy atom. The average Bonchev–Trinajstić information content (AvgIpc) is 3.41. The summed E-state index contributed by atoms with van der Waals surface area (Å²) in [5, 5.41) is 4.57. The van der Waals surface area contributed by atoms with Gasteiger partial charge in [-0.05, 0) is 37.5 Å². The molecule has 186 valence electrons. The van der Waals surface area contributed by atoms with Gasteiger partial charge >= 0.3 is 0 Å². The zero-order chi connectivity index (χ0) is 24.5. The highest BCUT2D eigenvalue weighted by Crippen LogP contribution is 2.33. The lowest BCUT2D eigenvalue weighted by Crippen LogP contribution is -2.39. The van der Waals surface area contributed by atoms with Gasteiger partial charge in [-0.15, -0.1) is 0 Å². The molecule has 10 heteroatoms. The van der Waals surface area contributed by atoms with Gasteiger partial charge in [-0.3, -0.25) is 4.98 Å². The molecule has 36 heavy (non-hydrogen) atoms. The third kappa shape index (κ3) is 4.60. The molecule has 0 N–H and O–H groups in total. The van der Waals surface area contributed by atoms with Crippen LogP contribution < -0.4 is 9.64 Å². The van der Waals surface area contributed by atoms with Crippen LogP contribution in [0.1, 0.15) is 38.3 Å². The second-order valence-corrected chi connectivity index (χ2v) is 9.17. The molecule has 1 unspecified atom stereocenters. The van der Waals surface area contributed by atoms with Crippen molar-refractivity contribution in [3.63, 3.8) is 0 Å². The molecule has 3 aromatic heterocycles. The Balaban J connectivity index is 1.25. The summed E-state index contributed by atoms with van der Waals surface area (Å²) in [5.41, 5.74) is 3.10. The third-order valence-electron chi connectivity index (χ3n) is 6.70. The molecular weight excluding hydrogens is 466 g/mol. The number of hydrogen-bond donors (Lipinski definition) is 0. The predicted molar refractivity (Wildman–Crippen MR) is 130 cm³/mol. The van der Waals surface area contributed by atoms with E-state index in [1.807, 2.05) is 23.1 Å². The highest BCUT2D eigenvalue weighted by molar-refractivity contribution is 5.82. The predicted octanol–water partition coefficient (Wildman–Crippen LogP) is 4.91. The quantitative estimate of drug-likeness (QED) is 0.392. The highest BCUT2D eigenvalue weighted by Gasteiger charge is 2.26. The summed E-state index contributed by atoms with van der Waals surface area (Å²) in [6.45, 7) is 2.05. The fourth-order valence-electron chi connectivity index (χ4n) is 4.80. The van der Waals surface area contributed by atoms with Gasteiger partial charge in [-0.2, -0.15) is 5.10 Å². The molecule has 2 aliphatic rings. The van der Waals surface area contributed by atoms with Gasteiger partial charge in [0.1, 0.15) is 29.4 Å². The normalized spacial score (nSPS) is 19.1. The van der Waals surface area contributed by atoms with Crippen molar-refractivity contribution in [3.05, 3.63) is 60.7 Å². The van der Waals surface area contributed by atoms with Crippen LogP contribution in [0, 0.1) is 11.6 Å². The van der Waals surface area contributed by atoms with Gasteiger partial charge in [0.15, 0.2) is 17.4 Å². The van der Waals surface area contributed by atoms with E-state index in [9.17, 15) is 8.78 Å². The maximum Gasteiger partial charge on any atom is 0.167 e. The minimum Gasteiger partial charge on any atom is -0.487 e. The number of aromatic nitrogens is 5. The van der Waals surface area contributed by atoms with Crippen LogP contribution in [0.3, 0.4) is 0 Å². The lowest BCUT2D eigenvalue weighted by Gasteiger charge is -2.33. The fourth-order valence-corrected chi connectivity index (χ4v) is 4.80. The van der Waals surface area contributed by atoms with Crippen molar-refractivity contribution in [2.45, 2.75) is 44.4 Å². The van der Waals surface area contributed by atoms with Gasteiger partial charge in [0, 0.05) is 56.6 Å².